The van der Waals surface area contributed by atoms with Crippen molar-refractivity contribution < 1.29 is 4.79 Å². The van der Waals surface area contributed by atoms with Crippen LogP contribution in [0.4, 0.5) is 0 Å². The Bertz CT molecular complexity index is 481. The van der Waals surface area contributed by atoms with Crippen LogP contribution in [0.1, 0.15) is 17.8 Å². The molecule has 0 unspecified atom stereocenters. The Morgan fingerprint density at radius 3 is 2.72 bits per heavy atom. The van der Waals surface area contributed by atoms with Gasteiger partial charge in [-0.2, -0.15) is 4.98 Å². The van der Waals surface area contributed by atoms with Gasteiger partial charge in [-0.3, -0.25) is 9.36 Å². The molecule has 0 saturated carbocycles. The van der Waals surface area contributed by atoms with Gasteiger partial charge < -0.3 is 10.6 Å². The van der Waals surface area contributed by atoms with Crippen LogP contribution in [0.2, 0.25) is 0 Å². The lowest BCUT2D eigenvalue weighted by atomic mass is 10.3. The summed E-state index contributed by atoms with van der Waals surface area (Å²) in [5.74, 6) is -0.112. The molecule has 0 fully saturated rings. The van der Waals surface area contributed by atoms with Crippen molar-refractivity contribution in [2.75, 3.05) is 20.1 Å². The second kappa shape index (κ2) is 6.30. The van der Waals surface area contributed by atoms with Crippen molar-refractivity contribution in [1.82, 2.24) is 14.5 Å². The van der Waals surface area contributed by atoms with E-state index in [-0.39, 0.29) is 18.1 Å². The minimum Gasteiger partial charge on any atom is -0.344 e. The molecule has 1 rings (SSSR count). The molecule has 2 N–H and O–H groups in total. The van der Waals surface area contributed by atoms with Crippen molar-refractivity contribution >= 4 is 5.91 Å². The summed E-state index contributed by atoms with van der Waals surface area (Å²) in [6, 6.07) is 1.79. The summed E-state index contributed by atoms with van der Waals surface area (Å²) in [6.45, 7) is 4.72. The molecule has 0 radical (unpaired) electrons. The number of carbonyl (C=O) groups is 1. The van der Waals surface area contributed by atoms with Crippen LogP contribution in [0, 0.1) is 13.8 Å². The molecule has 0 aliphatic rings. The SMILES string of the molecule is Cc1cc(C)n(CC(=O)N(C)CCCN)c(=O)n1. The highest BCUT2D eigenvalue weighted by Gasteiger charge is 2.12. The Morgan fingerprint density at radius 1 is 1.50 bits per heavy atom. The standard InChI is InChI=1S/C12H20N4O2/c1-9-7-10(2)16(12(18)14-9)8-11(17)15(3)6-4-5-13/h7H,4-6,8,13H2,1-3H3. The fourth-order valence-electron chi connectivity index (χ4n) is 1.68. The number of nitrogens with two attached hydrogens (primary N) is 1. The van der Waals surface area contributed by atoms with Crippen molar-refractivity contribution in [2.24, 2.45) is 5.73 Å². The molecule has 0 spiro atoms. The fraction of sp³-hybridized carbons (Fsp3) is 0.583. The number of carbonyl (C=O) groups excluding carboxylic acids is 1. The predicted molar refractivity (Wildman–Crippen MR) is 69.3 cm³/mol. The van der Waals surface area contributed by atoms with Crippen LogP contribution in [0.3, 0.4) is 0 Å². The zero-order chi connectivity index (χ0) is 13.7. The van der Waals surface area contributed by atoms with Crippen LogP contribution in [0.15, 0.2) is 10.9 Å². The van der Waals surface area contributed by atoms with Crippen LogP contribution in [-0.4, -0.2) is 40.5 Å². The van der Waals surface area contributed by atoms with Gasteiger partial charge in [0.1, 0.15) is 6.54 Å². The Balaban J connectivity index is 2.79. The third-order valence-corrected chi connectivity index (χ3v) is 2.76. The third kappa shape index (κ3) is 3.66. The van der Waals surface area contributed by atoms with E-state index >= 15 is 0 Å². The average Bonchev–Trinajstić information content (AvgIpc) is 2.30. The number of amides is 1. The molecule has 0 saturated heterocycles. The first-order valence-corrected chi connectivity index (χ1v) is 5.95. The first-order valence-electron chi connectivity index (χ1n) is 5.95. The van der Waals surface area contributed by atoms with Gasteiger partial charge in [-0.25, -0.2) is 4.79 Å². The van der Waals surface area contributed by atoms with Crippen molar-refractivity contribution in [1.29, 1.82) is 0 Å². The van der Waals surface area contributed by atoms with Crippen LogP contribution < -0.4 is 11.4 Å². The lowest BCUT2D eigenvalue weighted by Crippen LogP contribution is -2.36. The van der Waals surface area contributed by atoms with E-state index in [4.69, 9.17) is 5.73 Å². The van der Waals surface area contributed by atoms with Crippen LogP contribution >= 0.6 is 0 Å². The van der Waals surface area contributed by atoms with Gasteiger partial charge in [-0.05, 0) is 32.9 Å². The van der Waals surface area contributed by atoms with Crippen LogP contribution in [-0.2, 0) is 11.3 Å². The molecule has 0 bridgehead atoms. The number of nitrogens with zero attached hydrogens (tertiary/aromatic N) is 3. The highest BCUT2D eigenvalue weighted by molar-refractivity contribution is 5.75. The molecule has 1 amide bonds. The summed E-state index contributed by atoms with van der Waals surface area (Å²) in [5.41, 5.74) is 6.42. The number of likely N-dealkylation sites (N-methyl/N-ethyl adjacent to an activating group) is 1. The van der Waals surface area contributed by atoms with Gasteiger partial charge in [0.25, 0.3) is 0 Å². The number of aryl methyl sites for hydroxylation is 2. The van der Waals surface area contributed by atoms with E-state index in [0.29, 0.717) is 18.8 Å². The lowest BCUT2D eigenvalue weighted by molar-refractivity contribution is -0.130. The molecule has 0 aliphatic heterocycles. The molecule has 1 heterocycles. The second-order valence-electron chi connectivity index (χ2n) is 4.37. The molecule has 18 heavy (non-hydrogen) atoms. The number of aromatic nitrogens is 2. The fourth-order valence-corrected chi connectivity index (χ4v) is 1.68. The van der Waals surface area contributed by atoms with Gasteiger partial charge in [-0.1, -0.05) is 0 Å². The van der Waals surface area contributed by atoms with Gasteiger partial charge in [-0.15, -0.1) is 0 Å². The normalized spacial score (nSPS) is 10.4. The molecule has 0 atom stereocenters. The minimum atomic E-state index is -0.381. The van der Waals surface area contributed by atoms with E-state index < -0.39 is 0 Å². The van der Waals surface area contributed by atoms with E-state index in [2.05, 4.69) is 4.98 Å². The Morgan fingerprint density at radius 2 is 2.17 bits per heavy atom. The molecule has 1 aromatic rings. The van der Waals surface area contributed by atoms with Gasteiger partial charge in [0.15, 0.2) is 0 Å². The second-order valence-corrected chi connectivity index (χ2v) is 4.37. The van der Waals surface area contributed by atoms with E-state index in [0.717, 1.165) is 12.1 Å². The van der Waals surface area contributed by atoms with Crippen molar-refractivity contribution in [3.63, 3.8) is 0 Å². The van der Waals surface area contributed by atoms with E-state index in [1.807, 2.05) is 0 Å². The number of rotatable bonds is 5. The van der Waals surface area contributed by atoms with Gasteiger partial charge in [0, 0.05) is 25.0 Å². The molecule has 6 nitrogen and oxygen atoms in total. The summed E-state index contributed by atoms with van der Waals surface area (Å²) in [6.07, 6.45) is 0.752. The van der Waals surface area contributed by atoms with Gasteiger partial charge in [0.2, 0.25) is 5.91 Å². The monoisotopic (exact) mass is 252 g/mol. The van der Waals surface area contributed by atoms with E-state index in [9.17, 15) is 9.59 Å². The summed E-state index contributed by atoms with van der Waals surface area (Å²) < 4.78 is 1.38. The smallest absolute Gasteiger partial charge is 0.344 e. The molecule has 0 aromatic carbocycles. The molecular formula is C12H20N4O2. The Kier molecular flexibility index (Phi) is 5.03. The first-order chi connectivity index (χ1) is 8.45. The maximum absolute atomic E-state index is 11.9. The topological polar surface area (TPSA) is 81.2 Å². The molecule has 100 valence electrons. The highest BCUT2D eigenvalue weighted by atomic mass is 16.2. The first kappa shape index (κ1) is 14.4. The lowest BCUT2D eigenvalue weighted by Gasteiger charge is -2.18. The zero-order valence-electron chi connectivity index (χ0n) is 11.1. The Hall–Kier alpha value is -1.69. The summed E-state index contributed by atoms with van der Waals surface area (Å²) in [7, 11) is 1.71. The minimum absolute atomic E-state index is 0.0268. The average molecular weight is 252 g/mol. The highest BCUT2D eigenvalue weighted by Crippen LogP contribution is 1.98. The number of hydrogen-bond acceptors (Lipinski definition) is 4. The number of hydrogen-bond donors (Lipinski definition) is 1. The molecule has 1 aromatic heterocycles. The van der Waals surface area contributed by atoms with Crippen LogP contribution in [0.25, 0.3) is 0 Å². The largest absolute Gasteiger partial charge is 0.348 e. The van der Waals surface area contributed by atoms with Crippen molar-refractivity contribution in [3.05, 3.63) is 27.9 Å². The van der Waals surface area contributed by atoms with Gasteiger partial charge >= 0.3 is 5.69 Å². The van der Waals surface area contributed by atoms with Crippen molar-refractivity contribution in [3.8, 4) is 0 Å². The van der Waals surface area contributed by atoms with E-state index in [1.54, 1.807) is 31.9 Å². The summed E-state index contributed by atoms with van der Waals surface area (Å²) >= 11 is 0. The third-order valence-electron chi connectivity index (χ3n) is 2.76. The van der Waals surface area contributed by atoms with Crippen molar-refractivity contribution in [2.45, 2.75) is 26.8 Å². The van der Waals surface area contributed by atoms with Crippen LogP contribution in [0.5, 0.6) is 0 Å². The molecule has 0 aliphatic carbocycles. The molecule has 6 heteroatoms. The van der Waals surface area contributed by atoms with Gasteiger partial charge in [0.05, 0.1) is 0 Å². The predicted octanol–water partition coefficient (Wildman–Crippen LogP) is -0.333. The summed E-state index contributed by atoms with van der Waals surface area (Å²) in [5, 5.41) is 0. The quantitative estimate of drug-likeness (QED) is 0.778. The maximum Gasteiger partial charge on any atom is 0.348 e. The van der Waals surface area contributed by atoms with E-state index in [1.165, 1.54) is 4.57 Å². The maximum atomic E-state index is 11.9. The zero-order valence-corrected chi connectivity index (χ0v) is 11.1. The summed E-state index contributed by atoms with van der Waals surface area (Å²) in [4.78, 5) is 29.0. The molecular weight excluding hydrogens is 232 g/mol. The Labute approximate surface area is 106 Å².